The highest BCUT2D eigenvalue weighted by atomic mass is 32.1. The van der Waals surface area contributed by atoms with Crippen LogP contribution in [0.15, 0.2) is 42.6 Å². The van der Waals surface area contributed by atoms with Crippen LogP contribution >= 0.6 is 11.3 Å². The van der Waals surface area contributed by atoms with Gasteiger partial charge >= 0.3 is 6.09 Å². The van der Waals surface area contributed by atoms with E-state index in [0.29, 0.717) is 43.2 Å². The molecule has 0 unspecified atom stereocenters. The SMILES string of the molecule is CC(C)(C)OC(=O)N1CC=C(c2cc3nccc(Oc4ccc(CC(=O)CC5CC5)cc4F)c3s2)CC1. The van der Waals surface area contributed by atoms with Crippen LogP contribution in [-0.2, 0) is 16.0 Å². The Morgan fingerprint density at radius 2 is 1.97 bits per heavy atom. The molecule has 0 spiro atoms. The van der Waals surface area contributed by atoms with E-state index in [-0.39, 0.29) is 24.0 Å². The second-order valence-corrected chi connectivity index (χ2v) is 11.8. The minimum atomic E-state index is -0.526. The van der Waals surface area contributed by atoms with Gasteiger partial charge in [-0.3, -0.25) is 9.78 Å². The number of rotatable bonds is 7. The van der Waals surface area contributed by atoms with Gasteiger partial charge in [0.2, 0.25) is 0 Å². The van der Waals surface area contributed by atoms with Crippen molar-refractivity contribution < 1.29 is 23.5 Å². The number of thiophene rings is 1. The van der Waals surface area contributed by atoms with E-state index in [4.69, 9.17) is 9.47 Å². The van der Waals surface area contributed by atoms with Crippen molar-refractivity contribution in [2.45, 2.75) is 58.5 Å². The van der Waals surface area contributed by atoms with Crippen molar-refractivity contribution in [3.05, 3.63) is 58.9 Å². The molecule has 6 nitrogen and oxygen atoms in total. The van der Waals surface area contributed by atoms with Gasteiger partial charge in [0.1, 0.15) is 17.1 Å². The first-order chi connectivity index (χ1) is 17.6. The number of halogens is 1. The number of carbonyl (C=O) groups is 2. The average Bonchev–Trinajstić information content (AvgIpc) is 3.53. The Morgan fingerprint density at radius 3 is 2.65 bits per heavy atom. The summed E-state index contributed by atoms with van der Waals surface area (Å²) in [6.07, 6.45) is 7.18. The summed E-state index contributed by atoms with van der Waals surface area (Å²) in [5, 5.41) is 0. The molecule has 1 fully saturated rings. The third-order valence-corrected chi connectivity index (χ3v) is 7.60. The van der Waals surface area contributed by atoms with Crippen LogP contribution in [0.2, 0.25) is 0 Å². The zero-order valence-corrected chi connectivity index (χ0v) is 22.2. The molecule has 1 aromatic carbocycles. The number of amides is 1. The van der Waals surface area contributed by atoms with Gasteiger partial charge in [0, 0.05) is 43.1 Å². The molecule has 2 aromatic heterocycles. The lowest BCUT2D eigenvalue weighted by atomic mass is 10.0. The van der Waals surface area contributed by atoms with Gasteiger partial charge in [-0.2, -0.15) is 0 Å². The predicted octanol–water partition coefficient (Wildman–Crippen LogP) is 7.16. The number of ketones is 1. The molecular formula is C29H31FN2O4S. The summed E-state index contributed by atoms with van der Waals surface area (Å²) in [5.41, 5.74) is 2.05. The summed E-state index contributed by atoms with van der Waals surface area (Å²) in [6, 6.07) is 8.47. The van der Waals surface area contributed by atoms with Gasteiger partial charge < -0.3 is 14.4 Å². The molecule has 1 aliphatic carbocycles. The highest BCUT2D eigenvalue weighted by Crippen LogP contribution is 2.39. The van der Waals surface area contributed by atoms with Crippen molar-refractivity contribution in [3.8, 4) is 11.5 Å². The summed E-state index contributed by atoms with van der Waals surface area (Å²) in [5.74, 6) is 0.840. The first-order valence-corrected chi connectivity index (χ1v) is 13.5. The van der Waals surface area contributed by atoms with Gasteiger partial charge in [-0.15, -0.1) is 11.3 Å². The summed E-state index contributed by atoms with van der Waals surface area (Å²) in [6.45, 7) is 6.63. The van der Waals surface area contributed by atoms with Crippen LogP contribution in [0.1, 0.15) is 56.9 Å². The topological polar surface area (TPSA) is 68.7 Å². The standard InChI is InChI=1S/C29H31FN2O4S/c1-29(2,3)36-28(34)32-12-9-20(10-13-32)26-17-23-27(37-26)25(8-11-31-23)35-24-7-6-19(16-22(24)30)15-21(33)14-18-4-5-18/h6-9,11,16-18H,4-5,10,12-15H2,1-3H3. The first-order valence-electron chi connectivity index (χ1n) is 12.7. The Hall–Kier alpha value is -3.26. The third kappa shape index (κ3) is 6.36. The van der Waals surface area contributed by atoms with Crippen LogP contribution in [0, 0.1) is 11.7 Å². The van der Waals surface area contributed by atoms with E-state index in [2.05, 4.69) is 4.98 Å². The van der Waals surface area contributed by atoms with Gasteiger partial charge in [0.15, 0.2) is 11.6 Å². The molecule has 0 radical (unpaired) electrons. The van der Waals surface area contributed by atoms with E-state index in [1.165, 1.54) is 6.07 Å². The number of aromatic nitrogens is 1. The Morgan fingerprint density at radius 1 is 1.16 bits per heavy atom. The number of nitrogens with zero attached hydrogens (tertiary/aromatic N) is 2. The number of fused-ring (bicyclic) bond motifs is 1. The number of ether oxygens (including phenoxy) is 2. The van der Waals surface area contributed by atoms with Gasteiger partial charge in [0.25, 0.3) is 0 Å². The van der Waals surface area contributed by atoms with Crippen molar-refractivity contribution in [3.63, 3.8) is 0 Å². The molecule has 3 aromatic rings. The quantitative estimate of drug-likeness (QED) is 0.329. The van der Waals surface area contributed by atoms with Gasteiger partial charge in [-0.1, -0.05) is 12.1 Å². The number of hydrogen-bond donors (Lipinski definition) is 0. The second-order valence-electron chi connectivity index (χ2n) is 10.8. The Labute approximate surface area is 220 Å². The molecule has 37 heavy (non-hydrogen) atoms. The van der Waals surface area contributed by atoms with E-state index in [0.717, 1.165) is 33.5 Å². The largest absolute Gasteiger partial charge is 0.453 e. The molecule has 5 rings (SSSR count). The molecule has 0 bridgehead atoms. The van der Waals surface area contributed by atoms with Crippen molar-refractivity contribution in [2.24, 2.45) is 5.92 Å². The first kappa shape index (κ1) is 25.4. The molecule has 1 amide bonds. The Kier molecular flexibility index (Phi) is 7.03. The number of hydrogen-bond acceptors (Lipinski definition) is 6. The van der Waals surface area contributed by atoms with Crippen molar-refractivity contribution in [2.75, 3.05) is 13.1 Å². The lowest BCUT2D eigenvalue weighted by Crippen LogP contribution is -2.39. The predicted molar refractivity (Wildman–Crippen MR) is 143 cm³/mol. The minimum absolute atomic E-state index is 0.116. The highest BCUT2D eigenvalue weighted by Gasteiger charge is 2.26. The minimum Gasteiger partial charge on any atom is -0.453 e. The number of Topliss-reactive ketones (excluding diaryl/α,β-unsaturated/α-hetero) is 1. The molecule has 0 atom stereocenters. The van der Waals surface area contributed by atoms with Crippen LogP contribution in [0.4, 0.5) is 9.18 Å². The fourth-order valence-electron chi connectivity index (χ4n) is 4.34. The fourth-order valence-corrected chi connectivity index (χ4v) is 5.47. The smallest absolute Gasteiger partial charge is 0.410 e. The lowest BCUT2D eigenvalue weighted by molar-refractivity contribution is -0.118. The molecule has 1 aliphatic heterocycles. The van der Waals surface area contributed by atoms with Crippen molar-refractivity contribution in [1.82, 2.24) is 9.88 Å². The molecule has 3 heterocycles. The monoisotopic (exact) mass is 522 g/mol. The van der Waals surface area contributed by atoms with E-state index < -0.39 is 11.4 Å². The third-order valence-electron chi connectivity index (χ3n) is 6.38. The van der Waals surface area contributed by atoms with E-state index >= 15 is 0 Å². The molecule has 2 aliphatic rings. The summed E-state index contributed by atoms with van der Waals surface area (Å²) < 4.78 is 27.1. The summed E-state index contributed by atoms with van der Waals surface area (Å²) >= 11 is 1.54. The molecule has 0 N–H and O–H groups in total. The Balaban J connectivity index is 1.29. The number of benzene rings is 1. The van der Waals surface area contributed by atoms with Crippen LogP contribution < -0.4 is 4.74 Å². The Bertz CT molecular complexity index is 1370. The molecule has 8 heteroatoms. The molecular weight excluding hydrogens is 491 g/mol. The van der Waals surface area contributed by atoms with E-state index in [1.54, 1.807) is 40.6 Å². The highest BCUT2D eigenvalue weighted by molar-refractivity contribution is 7.20. The van der Waals surface area contributed by atoms with Crippen molar-refractivity contribution in [1.29, 1.82) is 0 Å². The lowest BCUT2D eigenvalue weighted by Gasteiger charge is -2.29. The average molecular weight is 523 g/mol. The zero-order chi connectivity index (χ0) is 26.2. The summed E-state index contributed by atoms with van der Waals surface area (Å²) in [7, 11) is 0. The zero-order valence-electron chi connectivity index (χ0n) is 21.4. The summed E-state index contributed by atoms with van der Waals surface area (Å²) in [4.78, 5) is 31.7. The van der Waals surface area contributed by atoms with Gasteiger partial charge in [-0.05, 0) is 75.3 Å². The number of pyridine rings is 1. The molecule has 0 saturated heterocycles. The maximum Gasteiger partial charge on any atom is 0.410 e. The maximum atomic E-state index is 14.9. The van der Waals surface area contributed by atoms with Crippen molar-refractivity contribution >= 4 is 39.0 Å². The molecule has 194 valence electrons. The van der Waals surface area contributed by atoms with Gasteiger partial charge in [0.05, 0.1) is 10.2 Å². The second kappa shape index (κ2) is 10.2. The molecule has 1 saturated carbocycles. The van der Waals surface area contributed by atoms with Crippen LogP contribution in [0.5, 0.6) is 11.5 Å². The normalized spacial score (nSPS) is 16.0. The number of carbonyl (C=O) groups excluding carboxylic acids is 2. The maximum absolute atomic E-state index is 14.9. The van der Waals surface area contributed by atoms with E-state index in [1.807, 2.05) is 32.9 Å². The van der Waals surface area contributed by atoms with Crippen LogP contribution in [0.25, 0.3) is 15.8 Å². The van der Waals surface area contributed by atoms with E-state index in [9.17, 15) is 14.0 Å². The van der Waals surface area contributed by atoms with Gasteiger partial charge in [-0.25, -0.2) is 9.18 Å². The van der Waals surface area contributed by atoms with Crippen LogP contribution in [-0.4, -0.2) is 40.5 Å². The van der Waals surface area contributed by atoms with Crippen LogP contribution in [0.3, 0.4) is 0 Å². The fraction of sp³-hybridized carbons (Fsp3) is 0.414.